The van der Waals surface area contributed by atoms with Crippen molar-refractivity contribution in [2.45, 2.75) is 19.5 Å². The van der Waals surface area contributed by atoms with E-state index in [-0.39, 0.29) is 6.04 Å². The van der Waals surface area contributed by atoms with Crippen LogP contribution in [0.2, 0.25) is 0 Å². The zero-order chi connectivity index (χ0) is 13.8. The van der Waals surface area contributed by atoms with Gasteiger partial charge in [-0.25, -0.2) is 4.98 Å². The molecule has 3 aromatic rings. The van der Waals surface area contributed by atoms with Crippen molar-refractivity contribution in [1.82, 2.24) is 25.5 Å². The second-order valence-electron chi connectivity index (χ2n) is 4.49. The second kappa shape index (κ2) is 5.94. The fourth-order valence-electron chi connectivity index (χ4n) is 1.91. The van der Waals surface area contributed by atoms with Crippen LogP contribution in [0.5, 0.6) is 0 Å². The summed E-state index contributed by atoms with van der Waals surface area (Å²) in [6, 6.07) is 6.18. The van der Waals surface area contributed by atoms with Crippen molar-refractivity contribution in [3.63, 3.8) is 0 Å². The normalized spacial score (nSPS) is 12.4. The van der Waals surface area contributed by atoms with Crippen molar-refractivity contribution in [2.24, 2.45) is 0 Å². The number of nitrogens with one attached hydrogen (secondary N) is 2. The summed E-state index contributed by atoms with van der Waals surface area (Å²) < 4.78 is 0. The first-order valence-corrected chi connectivity index (χ1v) is 7.28. The highest BCUT2D eigenvalue weighted by molar-refractivity contribution is 7.09. The van der Waals surface area contributed by atoms with Crippen molar-refractivity contribution in [3.05, 3.63) is 52.9 Å². The Labute approximate surface area is 121 Å². The molecule has 0 spiro atoms. The van der Waals surface area contributed by atoms with E-state index < -0.39 is 0 Å². The molecule has 1 atom stereocenters. The lowest BCUT2D eigenvalue weighted by molar-refractivity contribution is 0.564. The number of hydrogen-bond acceptors (Lipinski definition) is 5. The fraction of sp³-hybridized carbons (Fsp3) is 0.214. The van der Waals surface area contributed by atoms with Crippen LogP contribution < -0.4 is 5.32 Å². The minimum Gasteiger partial charge on any atom is -0.302 e. The highest BCUT2D eigenvalue weighted by Gasteiger charge is 2.09. The van der Waals surface area contributed by atoms with Crippen LogP contribution in [0.4, 0.5) is 0 Å². The minimum atomic E-state index is 0.236. The van der Waals surface area contributed by atoms with Crippen molar-refractivity contribution < 1.29 is 0 Å². The molecule has 0 aromatic carbocycles. The SMILES string of the molecule is C[C@H](NCc1cc(-c2cccnc2)n[nH]1)c1nccs1. The summed E-state index contributed by atoms with van der Waals surface area (Å²) in [5.41, 5.74) is 2.98. The maximum atomic E-state index is 4.31. The van der Waals surface area contributed by atoms with E-state index in [0.29, 0.717) is 0 Å². The molecule has 0 bridgehead atoms. The van der Waals surface area contributed by atoms with Crippen LogP contribution in [0.3, 0.4) is 0 Å². The van der Waals surface area contributed by atoms with Gasteiger partial charge in [0, 0.05) is 41.8 Å². The molecule has 0 unspecified atom stereocenters. The predicted octanol–water partition coefficient (Wildman–Crippen LogP) is 2.78. The number of rotatable bonds is 5. The van der Waals surface area contributed by atoms with Gasteiger partial charge in [0.2, 0.25) is 0 Å². The molecular weight excluding hydrogens is 270 g/mol. The van der Waals surface area contributed by atoms with Gasteiger partial charge in [0.1, 0.15) is 5.01 Å². The Bertz CT molecular complexity index is 647. The van der Waals surface area contributed by atoms with Gasteiger partial charge in [-0.15, -0.1) is 11.3 Å². The number of aromatic nitrogens is 4. The number of aromatic amines is 1. The molecule has 3 aromatic heterocycles. The maximum absolute atomic E-state index is 4.31. The Hall–Kier alpha value is -2.05. The molecule has 6 heteroatoms. The Morgan fingerprint density at radius 3 is 3.10 bits per heavy atom. The zero-order valence-electron chi connectivity index (χ0n) is 11.1. The number of nitrogens with zero attached hydrogens (tertiary/aromatic N) is 3. The average molecular weight is 285 g/mol. The largest absolute Gasteiger partial charge is 0.302 e. The lowest BCUT2D eigenvalue weighted by Crippen LogP contribution is -2.18. The van der Waals surface area contributed by atoms with E-state index in [1.54, 1.807) is 17.5 Å². The minimum absolute atomic E-state index is 0.236. The van der Waals surface area contributed by atoms with Gasteiger partial charge in [0.05, 0.1) is 11.7 Å². The lowest BCUT2D eigenvalue weighted by Gasteiger charge is -2.09. The van der Waals surface area contributed by atoms with Crippen LogP contribution in [-0.4, -0.2) is 20.2 Å². The van der Waals surface area contributed by atoms with Gasteiger partial charge in [-0.3, -0.25) is 10.1 Å². The summed E-state index contributed by atoms with van der Waals surface area (Å²) in [6.45, 7) is 2.84. The Morgan fingerprint density at radius 1 is 1.40 bits per heavy atom. The lowest BCUT2D eigenvalue weighted by atomic mass is 10.2. The topological polar surface area (TPSA) is 66.5 Å². The van der Waals surface area contributed by atoms with Gasteiger partial charge in [-0.05, 0) is 25.1 Å². The van der Waals surface area contributed by atoms with Crippen molar-refractivity contribution >= 4 is 11.3 Å². The van der Waals surface area contributed by atoms with Crippen LogP contribution in [0, 0.1) is 0 Å². The summed E-state index contributed by atoms with van der Waals surface area (Å²) in [7, 11) is 0. The molecule has 0 aliphatic heterocycles. The number of hydrogen-bond donors (Lipinski definition) is 2. The van der Waals surface area contributed by atoms with Gasteiger partial charge in [0.15, 0.2) is 0 Å². The van der Waals surface area contributed by atoms with Crippen LogP contribution in [0.1, 0.15) is 23.7 Å². The van der Waals surface area contributed by atoms with Crippen molar-refractivity contribution in [1.29, 1.82) is 0 Å². The standard InChI is InChI=1S/C14H15N5S/c1-10(14-16-5-6-20-14)17-9-12-7-13(19-18-12)11-3-2-4-15-8-11/h2-8,10,17H,9H2,1H3,(H,18,19)/t10-/m0/s1. The van der Waals surface area contributed by atoms with E-state index in [4.69, 9.17) is 0 Å². The molecule has 0 aliphatic rings. The quantitative estimate of drug-likeness (QED) is 0.756. The van der Waals surface area contributed by atoms with Crippen LogP contribution in [0.25, 0.3) is 11.3 Å². The van der Waals surface area contributed by atoms with Gasteiger partial charge in [-0.1, -0.05) is 0 Å². The van der Waals surface area contributed by atoms with E-state index in [9.17, 15) is 0 Å². The molecule has 0 saturated carbocycles. The Morgan fingerprint density at radius 2 is 2.35 bits per heavy atom. The molecule has 0 aliphatic carbocycles. The van der Waals surface area contributed by atoms with Crippen LogP contribution >= 0.6 is 11.3 Å². The average Bonchev–Trinajstić information content (AvgIpc) is 3.17. The third-order valence-corrected chi connectivity index (χ3v) is 3.97. The maximum Gasteiger partial charge on any atom is 0.109 e. The molecule has 5 nitrogen and oxygen atoms in total. The molecule has 0 saturated heterocycles. The van der Waals surface area contributed by atoms with E-state index in [1.807, 2.05) is 36.0 Å². The highest BCUT2D eigenvalue weighted by atomic mass is 32.1. The first kappa shape index (κ1) is 13.0. The van der Waals surface area contributed by atoms with E-state index >= 15 is 0 Å². The van der Waals surface area contributed by atoms with Crippen LogP contribution in [-0.2, 0) is 6.54 Å². The van der Waals surface area contributed by atoms with E-state index in [0.717, 1.165) is 28.5 Å². The molecule has 102 valence electrons. The third-order valence-electron chi connectivity index (χ3n) is 3.01. The van der Waals surface area contributed by atoms with Crippen molar-refractivity contribution in [2.75, 3.05) is 0 Å². The smallest absolute Gasteiger partial charge is 0.109 e. The molecule has 0 amide bonds. The molecule has 3 heterocycles. The number of pyridine rings is 1. The first-order chi connectivity index (χ1) is 9.83. The van der Waals surface area contributed by atoms with E-state index in [1.165, 1.54) is 0 Å². The summed E-state index contributed by atoms with van der Waals surface area (Å²) in [6.07, 6.45) is 5.40. The molecule has 0 radical (unpaired) electrons. The summed E-state index contributed by atoms with van der Waals surface area (Å²) in [5.74, 6) is 0. The second-order valence-corrected chi connectivity index (χ2v) is 5.42. The van der Waals surface area contributed by atoms with Gasteiger partial charge in [0.25, 0.3) is 0 Å². The third kappa shape index (κ3) is 2.92. The van der Waals surface area contributed by atoms with E-state index in [2.05, 4.69) is 32.4 Å². The van der Waals surface area contributed by atoms with Crippen molar-refractivity contribution in [3.8, 4) is 11.3 Å². The molecule has 20 heavy (non-hydrogen) atoms. The summed E-state index contributed by atoms with van der Waals surface area (Å²) in [4.78, 5) is 8.41. The van der Waals surface area contributed by atoms with Crippen LogP contribution in [0.15, 0.2) is 42.2 Å². The summed E-state index contributed by atoms with van der Waals surface area (Å²) >= 11 is 1.66. The summed E-state index contributed by atoms with van der Waals surface area (Å²) in [5, 5.41) is 13.9. The monoisotopic (exact) mass is 285 g/mol. The molecule has 2 N–H and O–H groups in total. The van der Waals surface area contributed by atoms with Gasteiger partial charge in [-0.2, -0.15) is 5.10 Å². The zero-order valence-corrected chi connectivity index (χ0v) is 11.9. The fourth-order valence-corrected chi connectivity index (χ4v) is 2.58. The van der Waals surface area contributed by atoms with Gasteiger partial charge < -0.3 is 5.32 Å². The highest BCUT2D eigenvalue weighted by Crippen LogP contribution is 2.18. The molecular formula is C14H15N5S. The molecule has 3 rings (SSSR count). The predicted molar refractivity (Wildman–Crippen MR) is 79.2 cm³/mol. The Kier molecular flexibility index (Phi) is 3.85. The first-order valence-electron chi connectivity index (χ1n) is 6.40. The van der Waals surface area contributed by atoms with Gasteiger partial charge >= 0.3 is 0 Å². The number of thiazole rings is 1. The number of H-pyrrole nitrogens is 1. The Balaban J connectivity index is 1.63. The molecule has 0 fully saturated rings.